The maximum atomic E-state index is 11.9. The molecule has 0 saturated heterocycles. The summed E-state index contributed by atoms with van der Waals surface area (Å²) in [6.45, 7) is 0.903. The third kappa shape index (κ3) is 5.84. The normalized spacial score (nSPS) is 10.5. The summed E-state index contributed by atoms with van der Waals surface area (Å²) in [6.07, 6.45) is 1.58. The van der Waals surface area contributed by atoms with Crippen molar-refractivity contribution in [1.29, 1.82) is 0 Å². The van der Waals surface area contributed by atoms with Gasteiger partial charge < -0.3 is 19.3 Å². The molecule has 1 aromatic heterocycles. The third-order valence-corrected chi connectivity index (χ3v) is 4.05. The number of nitrogens with zero attached hydrogens (tertiary/aromatic N) is 2. The molecule has 1 N–H and O–H groups in total. The Kier molecular flexibility index (Phi) is 7.01. The highest BCUT2D eigenvalue weighted by Gasteiger charge is 2.10. The number of ether oxygens (including phenoxy) is 2. The van der Waals surface area contributed by atoms with Crippen LogP contribution < -0.4 is 14.8 Å². The van der Waals surface area contributed by atoms with Crippen LogP contribution in [0.2, 0.25) is 0 Å². The van der Waals surface area contributed by atoms with Gasteiger partial charge in [0.2, 0.25) is 17.6 Å². The lowest BCUT2D eigenvalue weighted by Crippen LogP contribution is -2.27. The number of amides is 1. The van der Waals surface area contributed by atoms with Crippen LogP contribution in [0.3, 0.4) is 0 Å². The molecule has 3 aromatic rings. The number of carbonyl (C=O) groups is 1. The lowest BCUT2D eigenvalue weighted by molar-refractivity contribution is -0.121. The first-order chi connectivity index (χ1) is 13.7. The van der Waals surface area contributed by atoms with Gasteiger partial charge in [0.1, 0.15) is 18.1 Å². The second-order valence-corrected chi connectivity index (χ2v) is 6.11. The van der Waals surface area contributed by atoms with Crippen molar-refractivity contribution >= 4 is 5.91 Å². The minimum atomic E-state index is -0.0217. The van der Waals surface area contributed by atoms with E-state index in [-0.39, 0.29) is 5.91 Å². The summed E-state index contributed by atoms with van der Waals surface area (Å²) in [5.74, 6) is 2.59. The molecular weight excluding hydrogens is 358 g/mol. The fourth-order valence-electron chi connectivity index (χ4n) is 2.58. The molecule has 0 aliphatic carbocycles. The quantitative estimate of drug-likeness (QED) is 0.543. The third-order valence-electron chi connectivity index (χ3n) is 4.05. The van der Waals surface area contributed by atoms with Crippen LogP contribution in [0.25, 0.3) is 11.4 Å². The number of para-hydroxylation sites is 1. The average Bonchev–Trinajstić information content (AvgIpc) is 3.21. The van der Waals surface area contributed by atoms with E-state index in [0.29, 0.717) is 44.1 Å². The highest BCUT2D eigenvalue weighted by Crippen LogP contribution is 2.20. The molecule has 7 heteroatoms. The van der Waals surface area contributed by atoms with Gasteiger partial charge in [-0.2, -0.15) is 4.98 Å². The standard InChI is InChI=1S/C21H23N3O4/c1-26-17-12-10-16(11-13-17)21-23-20(28-24-21)9-5-8-19(25)22-14-15-27-18-6-3-2-4-7-18/h2-4,6-7,10-13H,5,8-9,14-15H2,1H3,(H,22,25). The Morgan fingerprint density at radius 2 is 1.86 bits per heavy atom. The highest BCUT2D eigenvalue weighted by molar-refractivity contribution is 5.75. The molecule has 0 spiro atoms. The Morgan fingerprint density at radius 1 is 1.07 bits per heavy atom. The van der Waals surface area contributed by atoms with E-state index in [2.05, 4.69) is 15.5 Å². The predicted molar refractivity (Wildman–Crippen MR) is 104 cm³/mol. The average molecular weight is 381 g/mol. The lowest BCUT2D eigenvalue weighted by Gasteiger charge is -2.07. The van der Waals surface area contributed by atoms with Gasteiger partial charge in [0.05, 0.1) is 13.7 Å². The van der Waals surface area contributed by atoms with Crippen molar-refractivity contribution in [1.82, 2.24) is 15.5 Å². The van der Waals surface area contributed by atoms with Gasteiger partial charge >= 0.3 is 0 Å². The molecule has 0 unspecified atom stereocenters. The van der Waals surface area contributed by atoms with Gasteiger partial charge in [-0.1, -0.05) is 23.4 Å². The molecule has 0 aliphatic heterocycles. The molecule has 0 aliphatic rings. The molecule has 28 heavy (non-hydrogen) atoms. The van der Waals surface area contributed by atoms with E-state index < -0.39 is 0 Å². The van der Waals surface area contributed by atoms with Crippen molar-refractivity contribution in [3.63, 3.8) is 0 Å². The van der Waals surface area contributed by atoms with Crippen LogP contribution in [0.5, 0.6) is 11.5 Å². The molecule has 0 radical (unpaired) electrons. The van der Waals surface area contributed by atoms with Crippen LogP contribution in [0.4, 0.5) is 0 Å². The highest BCUT2D eigenvalue weighted by atomic mass is 16.5. The summed E-state index contributed by atoms with van der Waals surface area (Å²) in [4.78, 5) is 16.3. The Morgan fingerprint density at radius 3 is 2.61 bits per heavy atom. The summed E-state index contributed by atoms with van der Waals surface area (Å²) < 4.78 is 15.9. The lowest BCUT2D eigenvalue weighted by atomic mass is 10.2. The molecule has 3 rings (SSSR count). The Labute approximate surface area is 163 Å². The van der Waals surface area contributed by atoms with Crippen molar-refractivity contribution in [2.24, 2.45) is 0 Å². The van der Waals surface area contributed by atoms with Crippen molar-refractivity contribution < 1.29 is 18.8 Å². The van der Waals surface area contributed by atoms with E-state index in [4.69, 9.17) is 14.0 Å². The molecule has 146 valence electrons. The first-order valence-electron chi connectivity index (χ1n) is 9.16. The Bertz CT molecular complexity index is 863. The molecule has 0 fully saturated rings. The Hall–Kier alpha value is -3.35. The minimum absolute atomic E-state index is 0.0217. The maximum absolute atomic E-state index is 11.9. The fraction of sp³-hybridized carbons (Fsp3) is 0.286. The number of rotatable bonds is 10. The number of hydrogen-bond acceptors (Lipinski definition) is 6. The molecule has 0 bridgehead atoms. The van der Waals surface area contributed by atoms with Crippen molar-refractivity contribution in [3.8, 4) is 22.9 Å². The van der Waals surface area contributed by atoms with Crippen LogP contribution in [0.1, 0.15) is 18.7 Å². The first-order valence-corrected chi connectivity index (χ1v) is 9.16. The van der Waals surface area contributed by atoms with E-state index in [1.54, 1.807) is 7.11 Å². The van der Waals surface area contributed by atoms with Crippen LogP contribution in [-0.2, 0) is 11.2 Å². The van der Waals surface area contributed by atoms with Gasteiger partial charge in [-0.15, -0.1) is 0 Å². The molecule has 0 saturated carbocycles. The summed E-state index contributed by atoms with van der Waals surface area (Å²) in [7, 11) is 1.62. The second-order valence-electron chi connectivity index (χ2n) is 6.11. The van der Waals surface area contributed by atoms with E-state index in [1.165, 1.54) is 0 Å². The smallest absolute Gasteiger partial charge is 0.226 e. The summed E-state index contributed by atoms with van der Waals surface area (Å²) in [5, 5.41) is 6.82. The number of benzene rings is 2. The van der Waals surface area contributed by atoms with E-state index >= 15 is 0 Å². The number of hydrogen-bond donors (Lipinski definition) is 1. The largest absolute Gasteiger partial charge is 0.497 e. The SMILES string of the molecule is COc1ccc(-c2noc(CCCC(=O)NCCOc3ccccc3)n2)cc1. The summed E-state index contributed by atoms with van der Waals surface area (Å²) in [6, 6.07) is 16.9. The summed E-state index contributed by atoms with van der Waals surface area (Å²) in [5.41, 5.74) is 0.854. The van der Waals surface area contributed by atoms with Gasteiger partial charge in [-0.3, -0.25) is 4.79 Å². The van der Waals surface area contributed by atoms with Crippen molar-refractivity contribution in [2.45, 2.75) is 19.3 Å². The van der Waals surface area contributed by atoms with Crippen LogP contribution in [-0.4, -0.2) is 36.3 Å². The van der Waals surface area contributed by atoms with E-state index in [9.17, 15) is 4.79 Å². The predicted octanol–water partition coefficient (Wildman–Crippen LogP) is 3.26. The number of nitrogens with one attached hydrogen (secondary N) is 1. The van der Waals surface area contributed by atoms with Gasteiger partial charge in [-0.25, -0.2) is 0 Å². The zero-order valence-electron chi connectivity index (χ0n) is 15.8. The van der Waals surface area contributed by atoms with Crippen LogP contribution >= 0.6 is 0 Å². The zero-order chi connectivity index (χ0) is 19.6. The zero-order valence-corrected chi connectivity index (χ0v) is 15.8. The van der Waals surface area contributed by atoms with Crippen molar-refractivity contribution in [3.05, 3.63) is 60.5 Å². The number of carbonyl (C=O) groups excluding carboxylic acids is 1. The Balaban J connectivity index is 1.34. The monoisotopic (exact) mass is 381 g/mol. The van der Waals surface area contributed by atoms with E-state index in [0.717, 1.165) is 17.1 Å². The number of aromatic nitrogens is 2. The minimum Gasteiger partial charge on any atom is -0.497 e. The maximum Gasteiger partial charge on any atom is 0.226 e. The van der Waals surface area contributed by atoms with Gasteiger partial charge in [0.25, 0.3) is 0 Å². The summed E-state index contributed by atoms with van der Waals surface area (Å²) >= 11 is 0. The first kappa shape index (κ1) is 19.4. The van der Waals surface area contributed by atoms with Gasteiger partial charge in [0.15, 0.2) is 0 Å². The molecule has 1 amide bonds. The molecule has 7 nitrogen and oxygen atoms in total. The molecular formula is C21H23N3O4. The van der Waals surface area contributed by atoms with Crippen LogP contribution in [0.15, 0.2) is 59.1 Å². The van der Waals surface area contributed by atoms with Crippen molar-refractivity contribution in [2.75, 3.05) is 20.3 Å². The number of aryl methyl sites for hydroxylation is 1. The topological polar surface area (TPSA) is 86.5 Å². The molecule has 2 aromatic carbocycles. The molecule has 1 heterocycles. The second kappa shape index (κ2) is 10.1. The van der Waals surface area contributed by atoms with E-state index in [1.807, 2.05) is 54.6 Å². The number of methoxy groups -OCH3 is 1. The van der Waals surface area contributed by atoms with Gasteiger partial charge in [0, 0.05) is 18.4 Å². The molecule has 0 atom stereocenters. The van der Waals surface area contributed by atoms with Gasteiger partial charge in [-0.05, 0) is 42.8 Å². The van der Waals surface area contributed by atoms with Crippen LogP contribution in [0, 0.1) is 0 Å². The fourth-order valence-corrected chi connectivity index (χ4v) is 2.58.